The smallest absolute Gasteiger partial charge is 0.192 e. The molecule has 0 unspecified atom stereocenters. The Labute approximate surface area is 199 Å². The second-order valence-electron chi connectivity index (χ2n) is 9.04. The van der Waals surface area contributed by atoms with Gasteiger partial charge in [0.05, 0.1) is 12.4 Å². The van der Waals surface area contributed by atoms with Gasteiger partial charge in [-0.2, -0.15) is 0 Å². The van der Waals surface area contributed by atoms with Crippen molar-refractivity contribution in [3.8, 4) is 0 Å². The Morgan fingerprint density at radius 1 is 0.879 bits per heavy atom. The number of ether oxygens (including phenoxy) is 1. The average Bonchev–Trinajstić information content (AvgIpc) is 3.43. The number of rotatable bonds is 12. The van der Waals surface area contributed by atoms with Gasteiger partial charge in [0.25, 0.3) is 0 Å². The van der Waals surface area contributed by atoms with Crippen molar-refractivity contribution >= 4 is 33.6 Å². The quantitative estimate of drug-likeness (QED) is 0.424. The fraction of sp³-hybridized carbons (Fsp3) is 0.773. The Bertz CT molecular complexity index is 889. The summed E-state index contributed by atoms with van der Waals surface area (Å²) in [6, 6.07) is 6.30. The lowest BCUT2D eigenvalue weighted by Gasteiger charge is -2.39. The van der Waals surface area contributed by atoms with Crippen molar-refractivity contribution in [3.63, 3.8) is 0 Å². The third-order valence-electron chi connectivity index (χ3n) is 7.82. The highest BCUT2D eigenvalue weighted by Gasteiger charge is 2.52. The second-order valence-corrected chi connectivity index (χ2v) is 18.5. The van der Waals surface area contributed by atoms with E-state index in [4.69, 9.17) is 25.1 Å². The fourth-order valence-corrected chi connectivity index (χ4v) is 10.7. The summed E-state index contributed by atoms with van der Waals surface area (Å²) in [6.45, 7) is 13.8. The van der Waals surface area contributed by atoms with Crippen LogP contribution in [0.3, 0.4) is 0 Å². The van der Waals surface area contributed by atoms with Crippen LogP contribution in [-0.2, 0) is 13.6 Å². The van der Waals surface area contributed by atoms with Gasteiger partial charge in [0.15, 0.2) is 34.3 Å². The maximum Gasteiger partial charge on any atom is 0.192 e. The first kappa shape index (κ1) is 26.2. The number of nitrogens with zero attached hydrogens (tertiary/aromatic N) is 4. The fourth-order valence-electron chi connectivity index (χ4n) is 5.02. The van der Waals surface area contributed by atoms with E-state index in [1.54, 1.807) is 6.33 Å². The number of nitrogen functional groups attached to an aromatic ring is 1. The molecule has 2 aromatic rings. The Hall–Kier alpha value is -1.38. The third-order valence-corrected chi connectivity index (χ3v) is 17.1. The van der Waals surface area contributed by atoms with Crippen molar-refractivity contribution in [1.29, 1.82) is 0 Å². The molecule has 3 heterocycles. The molecule has 1 fully saturated rings. The minimum absolute atomic E-state index is 0.223. The van der Waals surface area contributed by atoms with Crippen LogP contribution in [-0.4, -0.2) is 61.0 Å². The largest absolute Gasteiger partial charge is 0.408 e. The predicted octanol–water partition coefficient (Wildman–Crippen LogP) is 4.05. The molecule has 9 nitrogen and oxygen atoms in total. The van der Waals surface area contributed by atoms with Gasteiger partial charge < -0.3 is 25.1 Å². The van der Waals surface area contributed by atoms with Gasteiger partial charge in [-0.1, -0.05) is 41.5 Å². The normalized spacial score (nSPS) is 24.1. The molecule has 11 heteroatoms. The van der Waals surface area contributed by atoms with Crippen LogP contribution in [0.5, 0.6) is 0 Å². The van der Waals surface area contributed by atoms with Gasteiger partial charge in [0, 0.05) is 6.54 Å². The molecule has 0 radical (unpaired) electrons. The van der Waals surface area contributed by atoms with E-state index in [9.17, 15) is 0 Å². The average molecular weight is 495 g/mol. The topological polar surface area (TPSA) is 123 Å². The molecule has 2 aromatic heterocycles. The molecule has 1 aliphatic rings. The summed E-state index contributed by atoms with van der Waals surface area (Å²) in [6.07, 6.45) is 1.99. The first-order chi connectivity index (χ1) is 15.9. The number of fused-ring (bicyclic) bond motifs is 1. The van der Waals surface area contributed by atoms with E-state index >= 15 is 0 Å². The molecule has 1 aliphatic heterocycles. The van der Waals surface area contributed by atoms with Crippen LogP contribution in [0.15, 0.2) is 12.7 Å². The number of hydrogen-bond acceptors (Lipinski definition) is 8. The summed E-state index contributed by atoms with van der Waals surface area (Å²) >= 11 is 0. The van der Waals surface area contributed by atoms with Gasteiger partial charge in [-0.25, -0.2) is 15.0 Å². The standard InChI is InChI=1S/C22H42N6O3Si2/c1-7-32(8-2,9-3)30-18-16(13-23)29-22(19(18)31-33(10-4,11-5)12-6)28-15-27-17-20(24)25-14-26-21(17)28/h14-16,18-19,22H,7-13,23H2,1-6H3,(H2,24,25,26)/t16-,18-,19-,22-/m1/s1. The van der Waals surface area contributed by atoms with E-state index in [-0.39, 0.29) is 18.3 Å². The van der Waals surface area contributed by atoms with E-state index in [2.05, 4.69) is 56.5 Å². The van der Waals surface area contributed by atoms with Crippen LogP contribution >= 0.6 is 0 Å². The van der Waals surface area contributed by atoms with Gasteiger partial charge in [-0.3, -0.25) is 4.57 Å². The molecule has 4 atom stereocenters. The molecule has 186 valence electrons. The highest BCUT2D eigenvalue weighted by Crippen LogP contribution is 2.41. The second kappa shape index (κ2) is 10.9. The zero-order chi connectivity index (χ0) is 24.2. The van der Waals surface area contributed by atoms with Crippen LogP contribution in [0.1, 0.15) is 47.8 Å². The Kier molecular flexibility index (Phi) is 8.68. The molecule has 3 rings (SSSR count). The zero-order valence-corrected chi connectivity index (χ0v) is 23.1. The van der Waals surface area contributed by atoms with Crippen molar-refractivity contribution in [2.24, 2.45) is 5.73 Å². The molecular weight excluding hydrogens is 452 g/mol. The minimum atomic E-state index is -1.98. The highest BCUT2D eigenvalue weighted by atomic mass is 28.4. The lowest BCUT2D eigenvalue weighted by atomic mass is 10.1. The maximum absolute atomic E-state index is 7.12. The van der Waals surface area contributed by atoms with Crippen LogP contribution in [0.25, 0.3) is 11.2 Å². The van der Waals surface area contributed by atoms with Crippen LogP contribution < -0.4 is 11.5 Å². The van der Waals surface area contributed by atoms with Gasteiger partial charge in [-0.15, -0.1) is 0 Å². The van der Waals surface area contributed by atoms with Gasteiger partial charge in [-0.05, 0) is 36.3 Å². The summed E-state index contributed by atoms with van der Waals surface area (Å²) in [4.78, 5) is 13.0. The lowest BCUT2D eigenvalue weighted by molar-refractivity contribution is -0.0282. The number of aromatic nitrogens is 4. The molecule has 0 spiro atoms. The molecule has 0 saturated carbocycles. The molecule has 0 aliphatic carbocycles. The van der Waals surface area contributed by atoms with E-state index in [1.165, 1.54) is 6.33 Å². The van der Waals surface area contributed by atoms with Gasteiger partial charge in [0.2, 0.25) is 0 Å². The number of nitrogens with two attached hydrogens (primary N) is 2. The highest BCUT2D eigenvalue weighted by molar-refractivity contribution is 6.74. The maximum atomic E-state index is 7.12. The summed E-state index contributed by atoms with van der Waals surface area (Å²) in [5.74, 6) is 0.353. The number of imidazole rings is 1. The van der Waals surface area contributed by atoms with E-state index in [0.717, 1.165) is 36.3 Å². The van der Waals surface area contributed by atoms with Crippen molar-refractivity contribution in [2.75, 3.05) is 12.3 Å². The molecule has 0 aromatic carbocycles. The molecule has 0 bridgehead atoms. The number of hydrogen-bond donors (Lipinski definition) is 2. The zero-order valence-electron chi connectivity index (χ0n) is 21.1. The summed E-state index contributed by atoms with van der Waals surface area (Å²) in [5.41, 5.74) is 13.5. The van der Waals surface area contributed by atoms with Crippen molar-refractivity contribution < 1.29 is 13.6 Å². The third kappa shape index (κ3) is 4.89. The monoisotopic (exact) mass is 494 g/mol. The Morgan fingerprint density at radius 2 is 1.42 bits per heavy atom. The molecule has 4 N–H and O–H groups in total. The summed E-state index contributed by atoms with van der Waals surface area (Å²) in [7, 11) is -3.92. The molecular formula is C22H42N6O3Si2. The Morgan fingerprint density at radius 3 is 1.94 bits per heavy atom. The van der Waals surface area contributed by atoms with Crippen LogP contribution in [0.4, 0.5) is 5.82 Å². The van der Waals surface area contributed by atoms with E-state index in [0.29, 0.717) is 23.5 Å². The summed E-state index contributed by atoms with van der Waals surface area (Å²) in [5, 5.41) is 0. The van der Waals surface area contributed by atoms with E-state index in [1.807, 2.05) is 4.57 Å². The Balaban J connectivity index is 2.10. The van der Waals surface area contributed by atoms with Crippen molar-refractivity contribution in [2.45, 2.75) is 102 Å². The SMILES string of the molecule is CC[Si](CC)(CC)O[C@@H]1[C@H](O[Si](CC)(CC)CC)[C@@H](CN)O[C@H]1n1cnc2c(N)ncnc21. The predicted molar refractivity (Wildman–Crippen MR) is 137 cm³/mol. The van der Waals surface area contributed by atoms with Crippen molar-refractivity contribution in [1.82, 2.24) is 19.5 Å². The number of anilines is 1. The molecule has 1 saturated heterocycles. The summed E-state index contributed by atoms with van der Waals surface area (Å²) < 4.78 is 22.7. The minimum Gasteiger partial charge on any atom is -0.408 e. The molecule has 33 heavy (non-hydrogen) atoms. The first-order valence-electron chi connectivity index (χ1n) is 12.5. The van der Waals surface area contributed by atoms with Gasteiger partial charge >= 0.3 is 0 Å². The van der Waals surface area contributed by atoms with Crippen LogP contribution in [0.2, 0.25) is 36.3 Å². The van der Waals surface area contributed by atoms with Gasteiger partial charge in [0.1, 0.15) is 24.1 Å². The first-order valence-corrected chi connectivity index (χ1v) is 17.6. The molecule has 0 amide bonds. The van der Waals surface area contributed by atoms with Crippen molar-refractivity contribution in [3.05, 3.63) is 12.7 Å². The lowest BCUT2D eigenvalue weighted by Crippen LogP contribution is -2.52. The van der Waals surface area contributed by atoms with Crippen LogP contribution in [0, 0.1) is 0 Å². The van der Waals surface area contributed by atoms with E-state index < -0.39 is 22.9 Å².